The molecule has 88 valence electrons. The first kappa shape index (κ1) is 11.5. The third-order valence-corrected chi connectivity index (χ3v) is 2.87. The molecular weight excluding hydrogens is 211 g/mol. The van der Waals surface area contributed by atoms with Gasteiger partial charge in [-0.2, -0.15) is 0 Å². The number of aliphatic hydroxyl groups excluding tert-OH is 2. The predicted octanol–water partition coefficient (Wildman–Crippen LogP) is 0.688. The van der Waals surface area contributed by atoms with Gasteiger partial charge in [-0.25, -0.2) is 4.39 Å². The Morgan fingerprint density at radius 3 is 2.44 bits per heavy atom. The van der Waals surface area contributed by atoms with Gasteiger partial charge in [0.2, 0.25) is 0 Å². The van der Waals surface area contributed by atoms with Crippen LogP contribution in [0.5, 0.6) is 0 Å². The molecule has 3 nitrogen and oxygen atoms in total. The molecule has 1 aliphatic heterocycles. The molecule has 0 saturated carbocycles. The summed E-state index contributed by atoms with van der Waals surface area (Å²) in [5.41, 5.74) is 0.959. The number of aliphatic hydroxyl groups is 2. The Morgan fingerprint density at radius 1 is 1.19 bits per heavy atom. The van der Waals surface area contributed by atoms with Crippen molar-refractivity contribution in [3.63, 3.8) is 0 Å². The topological polar surface area (TPSA) is 49.7 Å². The standard InChI is InChI=1S/C12H15FO3/c13-11-9(16-10(7-14)12(11)15)6-8-4-2-1-3-5-8/h1-5,9-12,14-15H,6-7H2/t9-,10+,11+,12?/m0/s1. The van der Waals surface area contributed by atoms with Crippen LogP contribution in [0, 0.1) is 0 Å². The van der Waals surface area contributed by atoms with Gasteiger partial charge in [0, 0.05) is 6.42 Å². The van der Waals surface area contributed by atoms with E-state index in [0.717, 1.165) is 5.56 Å². The fraction of sp³-hybridized carbons (Fsp3) is 0.500. The van der Waals surface area contributed by atoms with E-state index in [2.05, 4.69) is 0 Å². The molecule has 2 N–H and O–H groups in total. The summed E-state index contributed by atoms with van der Waals surface area (Å²) in [6.45, 7) is -0.354. The smallest absolute Gasteiger partial charge is 0.155 e. The Hall–Kier alpha value is -0.970. The summed E-state index contributed by atoms with van der Waals surface area (Å²) in [6.07, 6.45) is -3.72. The van der Waals surface area contributed by atoms with Gasteiger partial charge in [0.25, 0.3) is 0 Å². The Kier molecular flexibility index (Phi) is 3.53. The second-order valence-corrected chi connectivity index (χ2v) is 4.02. The van der Waals surface area contributed by atoms with Gasteiger partial charge in [0.1, 0.15) is 12.2 Å². The minimum Gasteiger partial charge on any atom is -0.394 e. The van der Waals surface area contributed by atoms with Gasteiger partial charge in [0.05, 0.1) is 12.7 Å². The number of alkyl halides is 1. The van der Waals surface area contributed by atoms with E-state index in [1.165, 1.54) is 0 Å². The van der Waals surface area contributed by atoms with Crippen LogP contribution in [0.25, 0.3) is 0 Å². The molecule has 4 heteroatoms. The Bertz CT molecular complexity index is 330. The number of rotatable bonds is 3. The first-order valence-corrected chi connectivity index (χ1v) is 5.34. The quantitative estimate of drug-likeness (QED) is 0.797. The number of halogens is 1. The zero-order valence-electron chi connectivity index (χ0n) is 8.79. The minimum absolute atomic E-state index is 0.354. The molecule has 4 atom stereocenters. The average molecular weight is 226 g/mol. The Morgan fingerprint density at radius 2 is 1.88 bits per heavy atom. The van der Waals surface area contributed by atoms with Crippen molar-refractivity contribution < 1.29 is 19.3 Å². The lowest BCUT2D eigenvalue weighted by Gasteiger charge is -2.12. The van der Waals surface area contributed by atoms with Gasteiger partial charge in [0.15, 0.2) is 6.17 Å². The highest BCUT2D eigenvalue weighted by Gasteiger charge is 2.43. The summed E-state index contributed by atoms with van der Waals surface area (Å²) >= 11 is 0. The first-order chi connectivity index (χ1) is 7.72. The monoisotopic (exact) mass is 226 g/mol. The molecule has 16 heavy (non-hydrogen) atoms. The predicted molar refractivity (Wildman–Crippen MR) is 56.8 cm³/mol. The normalized spacial score (nSPS) is 34.2. The number of hydrogen-bond acceptors (Lipinski definition) is 3. The van der Waals surface area contributed by atoms with Crippen LogP contribution in [0.1, 0.15) is 5.56 Å². The number of hydrogen-bond donors (Lipinski definition) is 2. The van der Waals surface area contributed by atoms with E-state index in [0.29, 0.717) is 6.42 Å². The van der Waals surface area contributed by atoms with E-state index >= 15 is 0 Å². The van der Waals surface area contributed by atoms with E-state index in [1.807, 2.05) is 30.3 Å². The van der Waals surface area contributed by atoms with Crippen molar-refractivity contribution in [1.29, 1.82) is 0 Å². The van der Waals surface area contributed by atoms with Crippen molar-refractivity contribution in [1.82, 2.24) is 0 Å². The summed E-state index contributed by atoms with van der Waals surface area (Å²) in [7, 11) is 0. The molecule has 1 saturated heterocycles. The fourth-order valence-electron chi connectivity index (χ4n) is 1.96. The number of ether oxygens (including phenoxy) is 1. The summed E-state index contributed by atoms with van der Waals surface area (Å²) in [6, 6.07) is 9.40. The first-order valence-electron chi connectivity index (χ1n) is 5.34. The highest BCUT2D eigenvalue weighted by Crippen LogP contribution is 2.26. The highest BCUT2D eigenvalue weighted by molar-refractivity contribution is 5.16. The zero-order valence-corrected chi connectivity index (χ0v) is 8.79. The second kappa shape index (κ2) is 4.91. The highest BCUT2D eigenvalue weighted by atomic mass is 19.1. The van der Waals surface area contributed by atoms with Crippen LogP contribution in [-0.2, 0) is 11.2 Å². The van der Waals surface area contributed by atoms with Gasteiger partial charge in [-0.3, -0.25) is 0 Å². The lowest BCUT2D eigenvalue weighted by Crippen LogP contribution is -2.31. The van der Waals surface area contributed by atoms with E-state index in [9.17, 15) is 9.50 Å². The molecule has 1 unspecified atom stereocenters. The lowest BCUT2D eigenvalue weighted by molar-refractivity contribution is -0.0215. The molecule has 1 aromatic carbocycles. The molecule has 1 fully saturated rings. The number of benzene rings is 1. The molecule has 0 aliphatic carbocycles. The molecule has 0 amide bonds. The van der Waals surface area contributed by atoms with Gasteiger partial charge in [-0.15, -0.1) is 0 Å². The molecule has 0 bridgehead atoms. The molecule has 2 rings (SSSR count). The maximum atomic E-state index is 13.6. The summed E-state index contributed by atoms with van der Waals surface area (Å²) in [5, 5.41) is 18.3. The second-order valence-electron chi connectivity index (χ2n) is 4.02. The SMILES string of the molecule is OC[C@H]1O[C@@H](Cc2ccccc2)[C@@H](F)C1O. The molecule has 1 aromatic rings. The van der Waals surface area contributed by atoms with Crippen molar-refractivity contribution in [3.05, 3.63) is 35.9 Å². The van der Waals surface area contributed by atoms with Crippen LogP contribution in [-0.4, -0.2) is 41.3 Å². The molecule has 1 aliphatic rings. The van der Waals surface area contributed by atoms with Crippen LogP contribution in [0.15, 0.2) is 30.3 Å². The van der Waals surface area contributed by atoms with E-state index in [4.69, 9.17) is 9.84 Å². The van der Waals surface area contributed by atoms with Gasteiger partial charge in [-0.1, -0.05) is 30.3 Å². The lowest BCUT2D eigenvalue weighted by atomic mass is 10.0. The third kappa shape index (κ3) is 2.24. The molecule has 0 radical (unpaired) electrons. The summed E-state index contributed by atoms with van der Waals surface area (Å²) in [5.74, 6) is 0. The van der Waals surface area contributed by atoms with Gasteiger partial charge < -0.3 is 14.9 Å². The maximum absolute atomic E-state index is 13.6. The Balaban J connectivity index is 2.01. The van der Waals surface area contributed by atoms with Crippen molar-refractivity contribution >= 4 is 0 Å². The summed E-state index contributed by atoms with van der Waals surface area (Å²) < 4.78 is 18.9. The van der Waals surface area contributed by atoms with E-state index < -0.39 is 24.5 Å². The molecular formula is C12H15FO3. The van der Waals surface area contributed by atoms with Crippen LogP contribution >= 0.6 is 0 Å². The molecule has 0 aromatic heterocycles. The van der Waals surface area contributed by atoms with E-state index in [1.54, 1.807) is 0 Å². The zero-order chi connectivity index (χ0) is 11.5. The Labute approximate surface area is 93.5 Å². The van der Waals surface area contributed by atoms with Crippen molar-refractivity contribution in [3.8, 4) is 0 Å². The van der Waals surface area contributed by atoms with Crippen molar-refractivity contribution in [2.45, 2.75) is 30.9 Å². The fourth-order valence-corrected chi connectivity index (χ4v) is 1.96. The van der Waals surface area contributed by atoms with Gasteiger partial charge in [-0.05, 0) is 5.56 Å². The van der Waals surface area contributed by atoms with E-state index in [-0.39, 0.29) is 6.61 Å². The van der Waals surface area contributed by atoms with Crippen LogP contribution in [0.2, 0.25) is 0 Å². The van der Waals surface area contributed by atoms with Crippen molar-refractivity contribution in [2.75, 3.05) is 6.61 Å². The maximum Gasteiger partial charge on any atom is 0.155 e. The van der Waals surface area contributed by atoms with Crippen molar-refractivity contribution in [2.24, 2.45) is 0 Å². The minimum atomic E-state index is -1.43. The van der Waals surface area contributed by atoms with Crippen LogP contribution < -0.4 is 0 Å². The van der Waals surface area contributed by atoms with Crippen LogP contribution in [0.4, 0.5) is 4.39 Å². The summed E-state index contributed by atoms with van der Waals surface area (Å²) in [4.78, 5) is 0. The molecule has 1 heterocycles. The van der Waals surface area contributed by atoms with Crippen LogP contribution in [0.3, 0.4) is 0 Å². The van der Waals surface area contributed by atoms with Gasteiger partial charge >= 0.3 is 0 Å². The third-order valence-electron chi connectivity index (χ3n) is 2.87. The average Bonchev–Trinajstić information content (AvgIpc) is 2.58. The molecule has 0 spiro atoms. The largest absolute Gasteiger partial charge is 0.394 e.